The molecule has 2 aliphatic heterocycles. The third-order valence-electron chi connectivity index (χ3n) is 3.75. The summed E-state index contributed by atoms with van der Waals surface area (Å²) in [5.74, 6) is 1.07. The van der Waals surface area contributed by atoms with E-state index in [9.17, 15) is 9.59 Å². The van der Waals surface area contributed by atoms with Gasteiger partial charge in [-0.3, -0.25) is 9.59 Å². The molecular formula is C15H18N2O4. The summed E-state index contributed by atoms with van der Waals surface area (Å²) in [6.07, 6.45) is 0.0764. The maximum absolute atomic E-state index is 12.2. The molecule has 0 bridgehead atoms. The molecule has 6 heteroatoms. The highest BCUT2D eigenvalue weighted by Gasteiger charge is 2.32. The van der Waals surface area contributed by atoms with Gasteiger partial charge in [0.15, 0.2) is 17.6 Å². The number of rotatable bonds is 3. The van der Waals surface area contributed by atoms with Gasteiger partial charge in [-0.25, -0.2) is 0 Å². The Balaban J connectivity index is 1.57. The fourth-order valence-electron chi connectivity index (χ4n) is 2.64. The molecule has 2 atom stereocenters. The van der Waals surface area contributed by atoms with Crippen LogP contribution in [0, 0.1) is 5.92 Å². The van der Waals surface area contributed by atoms with Crippen molar-refractivity contribution in [1.29, 1.82) is 0 Å². The predicted molar refractivity (Wildman–Crippen MR) is 75.1 cm³/mol. The van der Waals surface area contributed by atoms with Crippen molar-refractivity contribution in [3.05, 3.63) is 24.3 Å². The molecule has 2 amide bonds. The first-order valence-corrected chi connectivity index (χ1v) is 7.03. The van der Waals surface area contributed by atoms with Crippen LogP contribution in [0.1, 0.15) is 6.42 Å². The van der Waals surface area contributed by atoms with E-state index < -0.39 is 0 Å². The van der Waals surface area contributed by atoms with E-state index in [1.807, 2.05) is 24.3 Å². The maximum atomic E-state index is 12.2. The first-order chi connectivity index (χ1) is 10.1. The molecule has 1 aromatic carbocycles. The summed E-state index contributed by atoms with van der Waals surface area (Å²) < 4.78 is 11.5. The highest BCUT2D eigenvalue weighted by Crippen LogP contribution is 2.31. The van der Waals surface area contributed by atoms with Crippen molar-refractivity contribution >= 4 is 11.8 Å². The summed E-state index contributed by atoms with van der Waals surface area (Å²) in [5.41, 5.74) is 0. The van der Waals surface area contributed by atoms with Gasteiger partial charge in [0.2, 0.25) is 11.8 Å². The lowest BCUT2D eigenvalue weighted by atomic mass is 10.1. The van der Waals surface area contributed by atoms with Gasteiger partial charge < -0.3 is 19.7 Å². The number of fused-ring (bicyclic) bond motifs is 1. The summed E-state index contributed by atoms with van der Waals surface area (Å²) in [6, 6.07) is 7.48. The number of hydrogen-bond donors (Lipinski definition) is 1. The molecule has 2 heterocycles. The molecule has 6 nitrogen and oxygen atoms in total. The van der Waals surface area contributed by atoms with Crippen LogP contribution in [0.5, 0.6) is 11.5 Å². The lowest BCUT2D eigenvalue weighted by Crippen LogP contribution is -2.44. The number of likely N-dealkylation sites (N-methyl/N-ethyl adjacent to an activating group) is 1. The Kier molecular flexibility index (Phi) is 3.68. The van der Waals surface area contributed by atoms with Crippen LogP contribution >= 0.6 is 0 Å². The topological polar surface area (TPSA) is 67.9 Å². The average Bonchev–Trinajstić information content (AvgIpc) is 2.93. The number of amides is 2. The van der Waals surface area contributed by atoms with Crippen molar-refractivity contribution in [3.63, 3.8) is 0 Å². The molecule has 21 heavy (non-hydrogen) atoms. The Labute approximate surface area is 123 Å². The van der Waals surface area contributed by atoms with E-state index in [0.29, 0.717) is 25.4 Å². The SMILES string of the molecule is CN(CC1COc2ccccc2O1)C(=O)C1CNC(=O)C1. The van der Waals surface area contributed by atoms with E-state index in [1.54, 1.807) is 11.9 Å². The fraction of sp³-hybridized carbons (Fsp3) is 0.467. The van der Waals surface area contributed by atoms with Gasteiger partial charge in [0.05, 0.1) is 12.5 Å². The first-order valence-electron chi connectivity index (χ1n) is 7.03. The van der Waals surface area contributed by atoms with E-state index >= 15 is 0 Å². The molecule has 1 saturated heterocycles. The number of hydrogen-bond acceptors (Lipinski definition) is 4. The highest BCUT2D eigenvalue weighted by atomic mass is 16.6. The minimum atomic E-state index is -0.265. The van der Waals surface area contributed by atoms with Crippen molar-refractivity contribution in [3.8, 4) is 11.5 Å². The van der Waals surface area contributed by atoms with Gasteiger partial charge in [-0.2, -0.15) is 0 Å². The Hall–Kier alpha value is -2.24. The van der Waals surface area contributed by atoms with E-state index in [-0.39, 0.29) is 30.3 Å². The monoisotopic (exact) mass is 290 g/mol. The molecule has 0 aromatic heterocycles. The molecule has 3 rings (SSSR count). The van der Waals surface area contributed by atoms with Crippen molar-refractivity contribution in [1.82, 2.24) is 10.2 Å². The second-order valence-electron chi connectivity index (χ2n) is 5.42. The molecular weight excluding hydrogens is 272 g/mol. The largest absolute Gasteiger partial charge is 0.486 e. The zero-order chi connectivity index (χ0) is 14.8. The smallest absolute Gasteiger partial charge is 0.227 e. The summed E-state index contributed by atoms with van der Waals surface area (Å²) in [4.78, 5) is 25.0. The van der Waals surface area contributed by atoms with Gasteiger partial charge in [0.1, 0.15) is 6.61 Å². The van der Waals surface area contributed by atoms with E-state index in [2.05, 4.69) is 5.32 Å². The zero-order valence-electron chi connectivity index (χ0n) is 11.9. The molecule has 0 spiro atoms. The first kappa shape index (κ1) is 13.7. The van der Waals surface area contributed by atoms with Crippen molar-refractivity contribution in [2.45, 2.75) is 12.5 Å². The van der Waals surface area contributed by atoms with Crippen LogP contribution in [0.15, 0.2) is 24.3 Å². The Morgan fingerprint density at radius 2 is 2.14 bits per heavy atom. The fourth-order valence-corrected chi connectivity index (χ4v) is 2.64. The third-order valence-corrected chi connectivity index (χ3v) is 3.75. The second kappa shape index (κ2) is 5.63. The van der Waals surface area contributed by atoms with Crippen molar-refractivity contribution < 1.29 is 19.1 Å². The number of nitrogens with one attached hydrogen (secondary N) is 1. The molecule has 112 valence electrons. The quantitative estimate of drug-likeness (QED) is 0.876. The maximum Gasteiger partial charge on any atom is 0.227 e. The number of benzene rings is 1. The van der Waals surface area contributed by atoms with Crippen LogP contribution in [-0.2, 0) is 9.59 Å². The third kappa shape index (κ3) is 2.94. The van der Waals surface area contributed by atoms with Gasteiger partial charge in [0, 0.05) is 20.0 Å². The molecule has 0 radical (unpaired) electrons. The average molecular weight is 290 g/mol. The van der Waals surface area contributed by atoms with Crippen LogP contribution in [-0.4, -0.2) is 49.6 Å². The van der Waals surface area contributed by atoms with Gasteiger partial charge in [-0.05, 0) is 12.1 Å². The van der Waals surface area contributed by atoms with Crippen molar-refractivity contribution in [2.24, 2.45) is 5.92 Å². The van der Waals surface area contributed by atoms with Crippen molar-refractivity contribution in [2.75, 3.05) is 26.7 Å². The molecule has 0 saturated carbocycles. The number of nitrogens with zero attached hydrogens (tertiary/aromatic N) is 1. The molecule has 0 aliphatic carbocycles. The zero-order valence-corrected chi connectivity index (χ0v) is 11.9. The van der Waals surface area contributed by atoms with Gasteiger partial charge in [0.25, 0.3) is 0 Å². The molecule has 1 aromatic rings. The lowest BCUT2D eigenvalue weighted by molar-refractivity contribution is -0.135. The van der Waals surface area contributed by atoms with Gasteiger partial charge in [-0.1, -0.05) is 12.1 Å². The highest BCUT2D eigenvalue weighted by molar-refractivity contribution is 5.89. The molecule has 1 fully saturated rings. The van der Waals surface area contributed by atoms with Crippen LogP contribution in [0.3, 0.4) is 0 Å². The number of ether oxygens (including phenoxy) is 2. The summed E-state index contributed by atoms with van der Waals surface area (Å²) in [5, 5.41) is 2.68. The summed E-state index contributed by atoms with van der Waals surface area (Å²) in [6.45, 7) is 1.28. The minimum Gasteiger partial charge on any atom is -0.486 e. The summed E-state index contributed by atoms with van der Waals surface area (Å²) in [7, 11) is 1.73. The summed E-state index contributed by atoms with van der Waals surface area (Å²) >= 11 is 0. The normalized spacial score (nSPS) is 23.6. The standard InChI is InChI=1S/C15H18N2O4/c1-17(15(19)10-6-14(18)16-7-10)8-11-9-20-12-4-2-3-5-13(12)21-11/h2-5,10-11H,6-9H2,1H3,(H,16,18). The predicted octanol–water partition coefficient (Wildman–Crippen LogP) is 0.421. The van der Waals surface area contributed by atoms with E-state index in [1.165, 1.54) is 0 Å². The van der Waals surface area contributed by atoms with E-state index in [0.717, 1.165) is 5.75 Å². The molecule has 2 unspecified atom stereocenters. The van der Waals surface area contributed by atoms with E-state index in [4.69, 9.17) is 9.47 Å². The Morgan fingerprint density at radius 1 is 1.38 bits per heavy atom. The minimum absolute atomic E-state index is 0.0317. The van der Waals surface area contributed by atoms with Crippen LogP contribution in [0.2, 0.25) is 0 Å². The van der Waals surface area contributed by atoms with Gasteiger partial charge >= 0.3 is 0 Å². The van der Waals surface area contributed by atoms with Crippen LogP contribution in [0.25, 0.3) is 0 Å². The van der Waals surface area contributed by atoms with Gasteiger partial charge in [-0.15, -0.1) is 0 Å². The number of carbonyl (C=O) groups is 2. The molecule has 2 aliphatic rings. The number of para-hydroxylation sites is 2. The Morgan fingerprint density at radius 3 is 2.86 bits per heavy atom. The Bertz CT molecular complexity index is 560. The van der Waals surface area contributed by atoms with Crippen LogP contribution in [0.4, 0.5) is 0 Å². The molecule has 1 N–H and O–H groups in total. The second-order valence-corrected chi connectivity index (χ2v) is 5.42. The lowest BCUT2D eigenvalue weighted by Gasteiger charge is -2.30. The van der Waals surface area contributed by atoms with Crippen LogP contribution < -0.4 is 14.8 Å². The number of carbonyl (C=O) groups excluding carboxylic acids is 2.